The molecular formula is C18H19BrCl2N2O3S. The van der Waals surface area contributed by atoms with Crippen molar-refractivity contribution in [3.63, 3.8) is 0 Å². The largest absolute Gasteiger partial charge is 0.348 e. The fraction of sp³-hybridized carbons (Fsp3) is 0.278. The van der Waals surface area contributed by atoms with Crippen molar-refractivity contribution in [1.82, 2.24) is 9.62 Å². The summed E-state index contributed by atoms with van der Waals surface area (Å²) in [6.07, 6.45) is 0. The highest BCUT2D eigenvalue weighted by molar-refractivity contribution is 9.10. The van der Waals surface area contributed by atoms with Crippen molar-refractivity contribution in [1.29, 1.82) is 0 Å². The normalized spacial score (nSPS) is 12.8. The van der Waals surface area contributed by atoms with E-state index >= 15 is 0 Å². The van der Waals surface area contributed by atoms with Crippen LogP contribution in [0.3, 0.4) is 0 Å². The molecule has 0 aromatic heterocycles. The highest BCUT2D eigenvalue weighted by Crippen LogP contribution is 2.27. The van der Waals surface area contributed by atoms with Crippen molar-refractivity contribution >= 4 is 55.1 Å². The third-order valence-electron chi connectivity index (χ3n) is 3.93. The van der Waals surface area contributed by atoms with Crippen LogP contribution < -0.4 is 5.32 Å². The zero-order valence-corrected chi connectivity index (χ0v) is 18.7. The van der Waals surface area contributed by atoms with E-state index in [2.05, 4.69) is 21.2 Å². The molecule has 0 saturated heterocycles. The first-order valence-electron chi connectivity index (χ1n) is 8.15. The van der Waals surface area contributed by atoms with Crippen LogP contribution in [0, 0.1) is 0 Å². The van der Waals surface area contributed by atoms with E-state index in [0.717, 1.165) is 14.3 Å². The third kappa shape index (κ3) is 5.68. The van der Waals surface area contributed by atoms with Crippen molar-refractivity contribution in [2.75, 3.05) is 13.1 Å². The predicted molar refractivity (Wildman–Crippen MR) is 112 cm³/mol. The molecule has 0 spiro atoms. The Balaban J connectivity index is 2.14. The maximum atomic E-state index is 12.9. The molecule has 0 bridgehead atoms. The Morgan fingerprint density at radius 2 is 1.81 bits per heavy atom. The standard InChI is InChI=1S/C18H19BrCl2N2O3S/c1-3-23(27(25,26)17-10-15(20)8-9-16(17)21)11-18(24)22-12(2)13-4-6-14(19)7-5-13/h4-10,12H,3,11H2,1-2H3,(H,22,24)/t12-/m1/s1. The number of benzene rings is 2. The lowest BCUT2D eigenvalue weighted by Crippen LogP contribution is -2.41. The summed E-state index contributed by atoms with van der Waals surface area (Å²) >= 11 is 15.3. The molecular weight excluding hydrogens is 475 g/mol. The molecule has 0 aliphatic carbocycles. The molecule has 27 heavy (non-hydrogen) atoms. The van der Waals surface area contributed by atoms with E-state index in [0.29, 0.717) is 0 Å². The van der Waals surface area contributed by atoms with Crippen molar-refractivity contribution in [3.8, 4) is 0 Å². The number of sulfonamides is 1. The Morgan fingerprint density at radius 1 is 1.19 bits per heavy atom. The monoisotopic (exact) mass is 492 g/mol. The highest BCUT2D eigenvalue weighted by atomic mass is 79.9. The Bertz CT molecular complexity index is 921. The van der Waals surface area contributed by atoms with Crippen LogP contribution >= 0.6 is 39.1 Å². The number of likely N-dealkylation sites (N-methyl/N-ethyl adjacent to an activating group) is 1. The van der Waals surface area contributed by atoms with Crippen LogP contribution in [0.1, 0.15) is 25.5 Å². The summed E-state index contributed by atoms with van der Waals surface area (Å²) in [4.78, 5) is 12.3. The average Bonchev–Trinajstić information content (AvgIpc) is 2.61. The SMILES string of the molecule is CCN(CC(=O)N[C@H](C)c1ccc(Br)cc1)S(=O)(=O)c1cc(Cl)ccc1Cl. The summed E-state index contributed by atoms with van der Waals surface area (Å²) in [5.74, 6) is -0.408. The average molecular weight is 494 g/mol. The molecule has 0 radical (unpaired) electrons. The number of hydrogen-bond donors (Lipinski definition) is 1. The van der Waals surface area contributed by atoms with E-state index in [4.69, 9.17) is 23.2 Å². The van der Waals surface area contributed by atoms with Gasteiger partial charge in [0, 0.05) is 16.0 Å². The Kier molecular flexibility index (Phi) is 7.71. The van der Waals surface area contributed by atoms with Crippen LogP contribution in [0.5, 0.6) is 0 Å². The lowest BCUT2D eigenvalue weighted by Gasteiger charge is -2.22. The molecule has 0 saturated carbocycles. The number of nitrogens with zero attached hydrogens (tertiary/aromatic N) is 1. The highest BCUT2D eigenvalue weighted by Gasteiger charge is 2.28. The molecule has 146 valence electrons. The minimum atomic E-state index is -3.96. The quantitative estimate of drug-likeness (QED) is 0.610. The first-order chi connectivity index (χ1) is 12.6. The number of halogens is 3. The summed E-state index contributed by atoms with van der Waals surface area (Å²) in [6, 6.07) is 11.5. The fourth-order valence-electron chi connectivity index (χ4n) is 2.46. The van der Waals surface area contributed by atoms with Crippen molar-refractivity contribution < 1.29 is 13.2 Å². The van der Waals surface area contributed by atoms with Gasteiger partial charge in [-0.3, -0.25) is 4.79 Å². The predicted octanol–water partition coefficient (Wildman–Crippen LogP) is 4.64. The van der Waals surface area contributed by atoms with Gasteiger partial charge in [-0.05, 0) is 42.8 Å². The summed E-state index contributed by atoms with van der Waals surface area (Å²) in [5, 5.41) is 3.12. The van der Waals surface area contributed by atoms with Crippen LogP contribution in [0.2, 0.25) is 10.0 Å². The van der Waals surface area contributed by atoms with E-state index < -0.39 is 15.9 Å². The van der Waals surface area contributed by atoms with Crippen LogP contribution in [-0.4, -0.2) is 31.7 Å². The maximum absolute atomic E-state index is 12.9. The van der Waals surface area contributed by atoms with Gasteiger partial charge >= 0.3 is 0 Å². The van der Waals surface area contributed by atoms with Gasteiger partial charge in [0.2, 0.25) is 15.9 Å². The first-order valence-corrected chi connectivity index (χ1v) is 11.1. The summed E-state index contributed by atoms with van der Waals surface area (Å²) in [7, 11) is -3.96. The Morgan fingerprint density at radius 3 is 2.41 bits per heavy atom. The van der Waals surface area contributed by atoms with Gasteiger partial charge in [-0.2, -0.15) is 4.31 Å². The number of rotatable bonds is 7. The lowest BCUT2D eigenvalue weighted by atomic mass is 10.1. The van der Waals surface area contributed by atoms with Crippen LogP contribution in [-0.2, 0) is 14.8 Å². The van der Waals surface area contributed by atoms with Crippen molar-refractivity contribution in [2.24, 2.45) is 0 Å². The number of amides is 1. The molecule has 0 heterocycles. The van der Waals surface area contributed by atoms with E-state index in [9.17, 15) is 13.2 Å². The second-order valence-corrected chi connectivity index (χ2v) is 9.51. The molecule has 0 unspecified atom stereocenters. The van der Waals surface area contributed by atoms with Crippen molar-refractivity contribution in [2.45, 2.75) is 24.8 Å². The second-order valence-electron chi connectivity index (χ2n) is 5.85. The zero-order chi connectivity index (χ0) is 20.2. The van der Waals surface area contributed by atoms with Gasteiger partial charge in [0.1, 0.15) is 4.90 Å². The van der Waals surface area contributed by atoms with Gasteiger partial charge in [-0.1, -0.05) is 58.2 Å². The molecule has 1 N–H and O–H groups in total. The second kappa shape index (κ2) is 9.39. The molecule has 0 aliphatic heterocycles. The fourth-order valence-corrected chi connectivity index (χ4v) is 4.87. The number of carbonyl (C=O) groups excluding carboxylic acids is 1. The zero-order valence-electron chi connectivity index (χ0n) is 14.7. The van der Waals surface area contributed by atoms with Gasteiger partial charge < -0.3 is 5.32 Å². The molecule has 2 rings (SSSR count). The summed E-state index contributed by atoms with van der Waals surface area (Å²) in [5.41, 5.74) is 0.912. The molecule has 2 aromatic carbocycles. The summed E-state index contributed by atoms with van der Waals surface area (Å²) in [6.45, 7) is 3.29. The van der Waals surface area contributed by atoms with Crippen LogP contribution in [0.15, 0.2) is 51.8 Å². The Hall–Kier alpha value is -1.12. The Labute approximate surface area is 177 Å². The van der Waals surface area contributed by atoms with Gasteiger partial charge in [0.25, 0.3) is 0 Å². The number of carbonyl (C=O) groups is 1. The van der Waals surface area contributed by atoms with E-state index in [-0.39, 0.29) is 34.1 Å². The van der Waals surface area contributed by atoms with Gasteiger partial charge in [-0.15, -0.1) is 0 Å². The molecule has 1 amide bonds. The molecule has 0 fully saturated rings. The lowest BCUT2D eigenvalue weighted by molar-refractivity contribution is -0.121. The van der Waals surface area contributed by atoms with Gasteiger partial charge in [0.15, 0.2) is 0 Å². The number of nitrogens with one attached hydrogen (secondary N) is 1. The first kappa shape index (κ1) is 22.2. The van der Waals surface area contributed by atoms with E-state index in [1.165, 1.54) is 18.2 Å². The summed E-state index contributed by atoms with van der Waals surface area (Å²) < 4.78 is 27.7. The number of hydrogen-bond acceptors (Lipinski definition) is 3. The van der Waals surface area contributed by atoms with Crippen LogP contribution in [0.25, 0.3) is 0 Å². The third-order valence-corrected chi connectivity index (χ3v) is 7.10. The molecule has 1 atom stereocenters. The van der Waals surface area contributed by atoms with E-state index in [1.807, 2.05) is 31.2 Å². The van der Waals surface area contributed by atoms with Gasteiger partial charge in [-0.25, -0.2) is 8.42 Å². The smallest absolute Gasteiger partial charge is 0.245 e. The minimum absolute atomic E-state index is 0.0569. The van der Waals surface area contributed by atoms with Crippen molar-refractivity contribution in [3.05, 3.63) is 62.5 Å². The molecule has 2 aromatic rings. The minimum Gasteiger partial charge on any atom is -0.348 e. The van der Waals surface area contributed by atoms with E-state index in [1.54, 1.807) is 6.92 Å². The molecule has 5 nitrogen and oxygen atoms in total. The molecule has 0 aliphatic rings. The van der Waals surface area contributed by atoms with Gasteiger partial charge in [0.05, 0.1) is 17.6 Å². The molecule has 9 heteroatoms. The topological polar surface area (TPSA) is 66.5 Å². The maximum Gasteiger partial charge on any atom is 0.245 e. The van der Waals surface area contributed by atoms with Crippen LogP contribution in [0.4, 0.5) is 0 Å².